The van der Waals surface area contributed by atoms with Gasteiger partial charge >= 0.3 is 5.97 Å². The van der Waals surface area contributed by atoms with Crippen molar-refractivity contribution in [2.75, 3.05) is 13.7 Å². The predicted molar refractivity (Wildman–Crippen MR) is 104 cm³/mol. The number of rotatable bonds is 8. The fourth-order valence-corrected chi connectivity index (χ4v) is 3.71. The van der Waals surface area contributed by atoms with Crippen molar-refractivity contribution < 1.29 is 14.3 Å². The Morgan fingerprint density at radius 1 is 1.19 bits per heavy atom. The van der Waals surface area contributed by atoms with Gasteiger partial charge in [-0.3, -0.25) is 4.79 Å². The number of unbranched alkanes of at least 4 members (excludes halogenated alkanes) is 2. The summed E-state index contributed by atoms with van der Waals surface area (Å²) in [6.45, 7) is 3.00. The standard InChI is InChI=1S/C18H20Cl2N2O3S/c1-3-4-5-6-22(10-16-21-15(11-26-16)18(24)25-2)17(23)12-7-13(19)9-14(20)8-12/h7-9,11H,3-6,10H2,1-2H3. The molecular weight excluding hydrogens is 395 g/mol. The summed E-state index contributed by atoms with van der Waals surface area (Å²) in [5.41, 5.74) is 0.683. The molecule has 1 aromatic carbocycles. The number of esters is 1. The molecule has 0 bridgehead atoms. The van der Waals surface area contributed by atoms with Crippen LogP contribution in [0.15, 0.2) is 23.6 Å². The highest BCUT2D eigenvalue weighted by Gasteiger charge is 2.19. The van der Waals surface area contributed by atoms with Crippen molar-refractivity contribution in [1.82, 2.24) is 9.88 Å². The molecule has 0 radical (unpaired) electrons. The molecule has 0 N–H and O–H groups in total. The molecule has 0 aliphatic rings. The second-order valence-corrected chi connectivity index (χ2v) is 7.53. The van der Waals surface area contributed by atoms with Gasteiger partial charge in [0.1, 0.15) is 5.01 Å². The lowest BCUT2D eigenvalue weighted by Gasteiger charge is -2.22. The van der Waals surface area contributed by atoms with Crippen LogP contribution in [0.4, 0.5) is 0 Å². The first-order chi connectivity index (χ1) is 12.4. The topological polar surface area (TPSA) is 59.5 Å². The molecule has 1 heterocycles. The molecule has 0 spiro atoms. The molecule has 0 saturated carbocycles. The van der Waals surface area contributed by atoms with E-state index in [1.165, 1.54) is 18.4 Å². The lowest BCUT2D eigenvalue weighted by Crippen LogP contribution is -2.31. The molecule has 2 rings (SSSR count). The molecule has 26 heavy (non-hydrogen) atoms. The molecule has 8 heteroatoms. The van der Waals surface area contributed by atoms with Crippen molar-refractivity contribution in [2.24, 2.45) is 0 Å². The molecular formula is C18H20Cl2N2O3S. The van der Waals surface area contributed by atoms with Crippen molar-refractivity contribution in [1.29, 1.82) is 0 Å². The van der Waals surface area contributed by atoms with Gasteiger partial charge in [-0.25, -0.2) is 9.78 Å². The van der Waals surface area contributed by atoms with E-state index >= 15 is 0 Å². The smallest absolute Gasteiger partial charge is 0.357 e. The Bertz CT molecular complexity index is 759. The average Bonchev–Trinajstić information content (AvgIpc) is 3.07. The summed E-state index contributed by atoms with van der Waals surface area (Å²) in [7, 11) is 1.31. The second kappa shape index (κ2) is 9.90. The van der Waals surface area contributed by atoms with Crippen molar-refractivity contribution >= 4 is 46.4 Å². The summed E-state index contributed by atoms with van der Waals surface area (Å²) in [6, 6.07) is 4.79. The van der Waals surface area contributed by atoms with Gasteiger partial charge < -0.3 is 9.64 Å². The first kappa shape index (κ1) is 20.7. The number of ether oxygens (including phenoxy) is 1. The zero-order chi connectivity index (χ0) is 19.1. The van der Waals surface area contributed by atoms with Crippen molar-refractivity contribution in [3.8, 4) is 0 Å². The normalized spacial score (nSPS) is 10.6. The van der Waals surface area contributed by atoms with Crippen molar-refractivity contribution in [3.63, 3.8) is 0 Å². The zero-order valence-corrected chi connectivity index (χ0v) is 17.0. The van der Waals surface area contributed by atoms with E-state index in [9.17, 15) is 9.59 Å². The van der Waals surface area contributed by atoms with Gasteiger partial charge in [0.25, 0.3) is 5.91 Å². The molecule has 140 valence electrons. The lowest BCUT2D eigenvalue weighted by molar-refractivity contribution is 0.0594. The Labute approximate surface area is 166 Å². The van der Waals surface area contributed by atoms with Gasteiger partial charge in [-0.2, -0.15) is 0 Å². The Morgan fingerprint density at radius 2 is 1.88 bits per heavy atom. The fourth-order valence-electron chi connectivity index (χ4n) is 2.41. The Morgan fingerprint density at radius 3 is 2.50 bits per heavy atom. The zero-order valence-electron chi connectivity index (χ0n) is 14.6. The summed E-state index contributed by atoms with van der Waals surface area (Å²) in [5, 5.41) is 3.13. The summed E-state index contributed by atoms with van der Waals surface area (Å²) >= 11 is 13.4. The van der Waals surface area contributed by atoms with Crippen molar-refractivity contribution in [2.45, 2.75) is 32.7 Å². The first-order valence-electron chi connectivity index (χ1n) is 8.22. The molecule has 2 aromatic rings. The van der Waals surface area contributed by atoms with E-state index in [0.717, 1.165) is 19.3 Å². The number of carbonyl (C=O) groups is 2. The third kappa shape index (κ3) is 5.69. The predicted octanol–water partition coefficient (Wildman–Crippen LogP) is 5.07. The van der Waals surface area contributed by atoms with E-state index in [0.29, 0.717) is 33.7 Å². The molecule has 0 aliphatic heterocycles. The van der Waals surface area contributed by atoms with Crippen LogP contribution in [0.5, 0.6) is 0 Å². The van der Waals surface area contributed by atoms with E-state index < -0.39 is 5.97 Å². The van der Waals surface area contributed by atoms with Gasteiger partial charge in [0.05, 0.1) is 13.7 Å². The minimum Gasteiger partial charge on any atom is -0.464 e. The highest BCUT2D eigenvalue weighted by molar-refractivity contribution is 7.09. The number of methoxy groups -OCH3 is 1. The lowest BCUT2D eigenvalue weighted by atomic mass is 10.1. The van der Waals surface area contributed by atoms with Gasteiger partial charge in [0.15, 0.2) is 5.69 Å². The highest BCUT2D eigenvalue weighted by Crippen LogP contribution is 2.22. The monoisotopic (exact) mass is 414 g/mol. The largest absolute Gasteiger partial charge is 0.464 e. The Balaban J connectivity index is 2.20. The van der Waals surface area contributed by atoms with Crippen LogP contribution in [0.25, 0.3) is 0 Å². The number of benzene rings is 1. The van der Waals surface area contributed by atoms with E-state index in [1.54, 1.807) is 28.5 Å². The Kier molecular flexibility index (Phi) is 7.87. The van der Waals surface area contributed by atoms with E-state index in [-0.39, 0.29) is 11.6 Å². The van der Waals surface area contributed by atoms with Crippen LogP contribution in [0.1, 0.15) is 52.0 Å². The van der Waals surface area contributed by atoms with Gasteiger partial charge in [-0.1, -0.05) is 43.0 Å². The minimum absolute atomic E-state index is 0.166. The number of aromatic nitrogens is 1. The first-order valence-corrected chi connectivity index (χ1v) is 9.86. The van der Waals surface area contributed by atoms with Gasteiger partial charge in [-0.05, 0) is 24.6 Å². The Hall–Kier alpha value is -1.63. The number of halogens is 2. The molecule has 0 aliphatic carbocycles. The van der Waals surface area contributed by atoms with Crippen LogP contribution in [-0.4, -0.2) is 35.4 Å². The summed E-state index contributed by atoms with van der Waals surface area (Å²) in [4.78, 5) is 30.5. The molecule has 0 saturated heterocycles. The summed E-state index contributed by atoms with van der Waals surface area (Å²) < 4.78 is 4.67. The van der Waals surface area contributed by atoms with E-state index in [1.807, 2.05) is 0 Å². The van der Waals surface area contributed by atoms with Crippen LogP contribution in [-0.2, 0) is 11.3 Å². The van der Waals surface area contributed by atoms with Crippen LogP contribution < -0.4 is 0 Å². The SMILES string of the molecule is CCCCCN(Cc1nc(C(=O)OC)cs1)C(=O)c1cc(Cl)cc(Cl)c1. The van der Waals surface area contributed by atoms with Crippen molar-refractivity contribution in [3.05, 3.63) is 49.9 Å². The molecule has 1 aromatic heterocycles. The third-order valence-electron chi connectivity index (χ3n) is 3.70. The quantitative estimate of drug-likeness (QED) is 0.446. The number of nitrogens with zero attached hydrogens (tertiary/aromatic N) is 2. The molecule has 1 amide bonds. The van der Waals surface area contributed by atoms with Crippen LogP contribution in [0.2, 0.25) is 10.0 Å². The fraction of sp³-hybridized carbons (Fsp3) is 0.389. The minimum atomic E-state index is -0.488. The molecule has 0 fully saturated rings. The van der Waals surface area contributed by atoms with Crippen LogP contribution in [0, 0.1) is 0 Å². The van der Waals surface area contributed by atoms with Gasteiger partial charge in [0, 0.05) is 27.5 Å². The highest BCUT2D eigenvalue weighted by atomic mass is 35.5. The molecule has 5 nitrogen and oxygen atoms in total. The number of hydrogen-bond donors (Lipinski definition) is 0. The maximum absolute atomic E-state index is 12.9. The number of thiazole rings is 1. The number of amides is 1. The van der Waals surface area contributed by atoms with E-state index in [2.05, 4.69) is 16.6 Å². The van der Waals surface area contributed by atoms with Gasteiger partial charge in [-0.15, -0.1) is 11.3 Å². The van der Waals surface area contributed by atoms with Gasteiger partial charge in [0.2, 0.25) is 0 Å². The molecule has 0 atom stereocenters. The number of carbonyl (C=O) groups excluding carboxylic acids is 2. The number of hydrogen-bond acceptors (Lipinski definition) is 5. The van der Waals surface area contributed by atoms with Crippen LogP contribution >= 0.6 is 34.5 Å². The second-order valence-electron chi connectivity index (χ2n) is 5.71. The van der Waals surface area contributed by atoms with Crippen LogP contribution in [0.3, 0.4) is 0 Å². The third-order valence-corrected chi connectivity index (χ3v) is 4.97. The summed E-state index contributed by atoms with van der Waals surface area (Å²) in [5.74, 6) is -0.654. The average molecular weight is 415 g/mol. The molecule has 0 unspecified atom stereocenters. The van der Waals surface area contributed by atoms with E-state index in [4.69, 9.17) is 23.2 Å². The maximum Gasteiger partial charge on any atom is 0.357 e. The summed E-state index contributed by atoms with van der Waals surface area (Å²) in [6.07, 6.45) is 2.95. The maximum atomic E-state index is 12.9.